The molecule has 0 heterocycles. The fourth-order valence-electron chi connectivity index (χ4n) is 1.30. The lowest BCUT2D eigenvalue weighted by Gasteiger charge is -2.03. The minimum Gasteiger partial charge on any atom is -0.457 e. The lowest BCUT2D eigenvalue weighted by Crippen LogP contribution is -1.82. The highest BCUT2D eigenvalue weighted by Crippen LogP contribution is 2.19. The molecule has 5 nitrogen and oxygen atoms in total. The van der Waals surface area contributed by atoms with Gasteiger partial charge in [0.1, 0.15) is 11.5 Å². The predicted octanol–water partition coefficient (Wildman–Crippen LogP) is 3.14. The van der Waals surface area contributed by atoms with Crippen molar-refractivity contribution in [1.82, 2.24) is 0 Å². The fourth-order valence-corrected chi connectivity index (χ4v) is 1.30. The summed E-state index contributed by atoms with van der Waals surface area (Å²) in [5.41, 5.74) is 0. The lowest BCUT2D eigenvalue weighted by atomic mass is 10.3. The van der Waals surface area contributed by atoms with Crippen molar-refractivity contribution in [2.24, 2.45) is 9.98 Å². The number of benzene rings is 2. The standard InChI is InChI=1S/C12H10O.C4H4N2O2/c1-3-7-11(8-4-1)13-12-9-5-2-6-10-12;7-3-5-1-2-6-4-8/h1-10H;1-2H2. The van der Waals surface area contributed by atoms with Gasteiger partial charge >= 0.3 is 0 Å². The van der Waals surface area contributed by atoms with Crippen LogP contribution in [0.1, 0.15) is 0 Å². The molecule has 0 fully saturated rings. The van der Waals surface area contributed by atoms with E-state index in [2.05, 4.69) is 9.98 Å². The van der Waals surface area contributed by atoms with E-state index < -0.39 is 0 Å². The van der Waals surface area contributed by atoms with Crippen molar-refractivity contribution in [1.29, 1.82) is 0 Å². The largest absolute Gasteiger partial charge is 0.457 e. The number of isocyanates is 2. The molecule has 0 N–H and O–H groups in total. The molecule has 0 spiro atoms. The first-order chi connectivity index (χ1) is 10.4. The van der Waals surface area contributed by atoms with Crippen LogP contribution in [-0.2, 0) is 9.59 Å². The average Bonchev–Trinajstić information content (AvgIpc) is 2.54. The van der Waals surface area contributed by atoms with Crippen molar-refractivity contribution in [3.8, 4) is 11.5 Å². The molecule has 0 saturated carbocycles. The summed E-state index contributed by atoms with van der Waals surface area (Å²) in [4.78, 5) is 24.9. The third-order valence-electron chi connectivity index (χ3n) is 2.17. The van der Waals surface area contributed by atoms with Gasteiger partial charge in [-0.1, -0.05) is 36.4 Å². The third kappa shape index (κ3) is 7.90. The number of hydrogen-bond acceptors (Lipinski definition) is 5. The first kappa shape index (κ1) is 16.1. The van der Waals surface area contributed by atoms with Crippen LogP contribution in [0.5, 0.6) is 11.5 Å². The molecule has 0 amide bonds. The Morgan fingerprint density at radius 2 is 1.10 bits per heavy atom. The molecule has 21 heavy (non-hydrogen) atoms. The summed E-state index contributed by atoms with van der Waals surface area (Å²) in [6.45, 7) is 0.442. The molecule has 0 radical (unpaired) electrons. The Morgan fingerprint density at radius 3 is 1.43 bits per heavy atom. The van der Waals surface area contributed by atoms with Gasteiger partial charge in [-0.05, 0) is 24.3 Å². The van der Waals surface area contributed by atoms with Gasteiger partial charge in [-0.2, -0.15) is 0 Å². The molecule has 5 heteroatoms. The van der Waals surface area contributed by atoms with E-state index >= 15 is 0 Å². The second kappa shape index (κ2) is 10.9. The molecule has 106 valence electrons. The van der Waals surface area contributed by atoms with E-state index in [9.17, 15) is 9.59 Å². The summed E-state index contributed by atoms with van der Waals surface area (Å²) in [5.74, 6) is 1.74. The zero-order chi connectivity index (χ0) is 15.2. The molecule has 0 aliphatic rings. The quantitative estimate of drug-likeness (QED) is 0.480. The normalized spacial score (nSPS) is 8.38. The number of carbonyl (C=O) groups excluding carboxylic acids is 2. The van der Waals surface area contributed by atoms with Crippen LogP contribution in [-0.4, -0.2) is 25.2 Å². The number of hydrogen-bond donors (Lipinski definition) is 0. The van der Waals surface area contributed by atoms with Gasteiger partial charge in [-0.3, -0.25) is 0 Å². The number of aliphatic imine (C=N–C) groups is 2. The molecule has 0 atom stereocenters. The van der Waals surface area contributed by atoms with E-state index in [0.717, 1.165) is 11.5 Å². The van der Waals surface area contributed by atoms with Gasteiger partial charge in [-0.25, -0.2) is 19.6 Å². The zero-order valence-electron chi connectivity index (χ0n) is 11.3. The van der Waals surface area contributed by atoms with Gasteiger partial charge in [0, 0.05) is 0 Å². The van der Waals surface area contributed by atoms with Crippen molar-refractivity contribution < 1.29 is 14.3 Å². The van der Waals surface area contributed by atoms with E-state index in [-0.39, 0.29) is 13.1 Å². The van der Waals surface area contributed by atoms with Crippen molar-refractivity contribution in [3.63, 3.8) is 0 Å². The van der Waals surface area contributed by atoms with Gasteiger partial charge in [0.25, 0.3) is 0 Å². The van der Waals surface area contributed by atoms with Gasteiger partial charge in [0.15, 0.2) is 0 Å². The minimum atomic E-state index is 0.221. The molecule has 2 rings (SSSR count). The smallest absolute Gasteiger partial charge is 0.235 e. The number of nitrogens with zero attached hydrogens (tertiary/aromatic N) is 2. The second-order valence-electron chi connectivity index (χ2n) is 3.67. The van der Waals surface area contributed by atoms with Gasteiger partial charge in [-0.15, -0.1) is 0 Å². The average molecular weight is 282 g/mol. The van der Waals surface area contributed by atoms with Gasteiger partial charge < -0.3 is 4.74 Å². The Hall–Kier alpha value is -3.00. The molecule has 2 aromatic rings. The fraction of sp³-hybridized carbons (Fsp3) is 0.125. The van der Waals surface area contributed by atoms with Crippen LogP contribution < -0.4 is 4.74 Å². The van der Waals surface area contributed by atoms with E-state index in [4.69, 9.17) is 4.74 Å². The molecular weight excluding hydrogens is 268 g/mol. The molecule has 0 unspecified atom stereocenters. The summed E-state index contributed by atoms with van der Waals surface area (Å²) in [7, 11) is 0. The highest BCUT2D eigenvalue weighted by atomic mass is 16.5. The van der Waals surface area contributed by atoms with E-state index in [0.29, 0.717) is 0 Å². The molecule has 0 aromatic heterocycles. The Kier molecular flexibility index (Phi) is 8.32. The third-order valence-corrected chi connectivity index (χ3v) is 2.17. The van der Waals surface area contributed by atoms with Crippen molar-refractivity contribution in [2.75, 3.05) is 13.1 Å². The van der Waals surface area contributed by atoms with Crippen LogP contribution in [0, 0.1) is 0 Å². The number of rotatable bonds is 5. The first-order valence-electron chi connectivity index (χ1n) is 6.22. The van der Waals surface area contributed by atoms with Gasteiger partial charge in [0.05, 0.1) is 13.1 Å². The first-order valence-corrected chi connectivity index (χ1v) is 6.22. The van der Waals surface area contributed by atoms with Crippen LogP contribution in [0.2, 0.25) is 0 Å². The Bertz CT molecular complexity index is 546. The van der Waals surface area contributed by atoms with E-state index in [1.54, 1.807) is 0 Å². The van der Waals surface area contributed by atoms with Crippen LogP contribution in [0.25, 0.3) is 0 Å². The SMILES string of the molecule is O=C=NCCN=C=O.c1ccc(Oc2ccccc2)cc1. The monoisotopic (exact) mass is 282 g/mol. The summed E-state index contributed by atoms with van der Waals surface area (Å²) in [6.07, 6.45) is 2.62. The Balaban J connectivity index is 0.000000240. The summed E-state index contributed by atoms with van der Waals surface area (Å²) in [6, 6.07) is 19.5. The van der Waals surface area contributed by atoms with Crippen LogP contribution in [0.15, 0.2) is 70.6 Å². The number of ether oxygens (including phenoxy) is 1. The van der Waals surface area contributed by atoms with E-state index in [1.807, 2.05) is 60.7 Å². The van der Waals surface area contributed by atoms with Gasteiger partial charge in [0.2, 0.25) is 12.2 Å². The molecule has 0 aliphatic carbocycles. The van der Waals surface area contributed by atoms with Crippen LogP contribution in [0.3, 0.4) is 0 Å². The molecule has 0 aliphatic heterocycles. The maximum Gasteiger partial charge on any atom is 0.235 e. The van der Waals surface area contributed by atoms with Crippen molar-refractivity contribution >= 4 is 12.2 Å². The molecule has 0 saturated heterocycles. The Morgan fingerprint density at radius 1 is 0.714 bits per heavy atom. The van der Waals surface area contributed by atoms with Crippen LogP contribution in [0.4, 0.5) is 0 Å². The molecule has 2 aromatic carbocycles. The molecular formula is C16H14N2O3. The van der Waals surface area contributed by atoms with E-state index in [1.165, 1.54) is 12.2 Å². The maximum absolute atomic E-state index is 9.34. The highest BCUT2D eigenvalue weighted by Gasteiger charge is 1.92. The summed E-state index contributed by atoms with van der Waals surface area (Å²) in [5, 5.41) is 0. The lowest BCUT2D eigenvalue weighted by molar-refractivity contribution is 0.482. The topological polar surface area (TPSA) is 68.1 Å². The predicted molar refractivity (Wildman–Crippen MR) is 78.9 cm³/mol. The summed E-state index contributed by atoms with van der Waals surface area (Å²) < 4.78 is 5.58. The summed E-state index contributed by atoms with van der Waals surface area (Å²) >= 11 is 0. The van der Waals surface area contributed by atoms with Crippen LogP contribution >= 0.6 is 0 Å². The zero-order valence-corrected chi connectivity index (χ0v) is 11.3. The molecule has 0 bridgehead atoms. The maximum atomic E-state index is 9.34. The van der Waals surface area contributed by atoms with Crippen molar-refractivity contribution in [3.05, 3.63) is 60.7 Å². The second-order valence-corrected chi connectivity index (χ2v) is 3.67. The minimum absolute atomic E-state index is 0.221. The Labute approximate surface area is 122 Å². The highest BCUT2D eigenvalue weighted by molar-refractivity contribution is 5.34. The van der Waals surface area contributed by atoms with Crippen molar-refractivity contribution in [2.45, 2.75) is 0 Å². The number of para-hydroxylation sites is 2.